The van der Waals surface area contributed by atoms with Crippen LogP contribution in [-0.2, 0) is 37.0 Å². The zero-order valence-electron chi connectivity index (χ0n) is 20.8. The zero-order valence-corrected chi connectivity index (χ0v) is 23.2. The molecule has 2 heterocycles. The summed E-state index contributed by atoms with van der Waals surface area (Å²) in [5.41, 5.74) is 5.98. The molecule has 5 nitrogen and oxygen atoms in total. The molecule has 0 amide bonds. The van der Waals surface area contributed by atoms with E-state index in [1.807, 2.05) is 54.6 Å². The van der Waals surface area contributed by atoms with Gasteiger partial charge in [-0.25, -0.2) is 9.78 Å². The van der Waals surface area contributed by atoms with E-state index in [2.05, 4.69) is 10.6 Å². The Bertz CT molecular complexity index is 1670. The number of nitriles is 1. The minimum Gasteiger partial charge on any atom is -0.465 e. The van der Waals surface area contributed by atoms with Gasteiger partial charge < -0.3 is 9.30 Å². The summed E-state index contributed by atoms with van der Waals surface area (Å²) in [6.07, 6.45) is 3.53. The highest BCUT2D eigenvalue weighted by atomic mass is 35.5. The van der Waals surface area contributed by atoms with Crippen LogP contribution in [0.1, 0.15) is 38.6 Å². The molecule has 0 spiro atoms. The fourth-order valence-corrected chi connectivity index (χ4v) is 6.14. The molecule has 0 radical (unpaired) electrons. The molecule has 5 aromatic rings. The topological polar surface area (TPSA) is 67.9 Å². The number of nitrogens with zero attached hydrogens (tertiary/aromatic N) is 3. The predicted molar refractivity (Wildman–Crippen MR) is 154 cm³/mol. The first-order valence-corrected chi connectivity index (χ1v) is 13.9. The molecule has 0 aliphatic heterocycles. The third-order valence-corrected chi connectivity index (χ3v) is 8.28. The summed E-state index contributed by atoms with van der Waals surface area (Å²) in [4.78, 5) is 17.2. The van der Waals surface area contributed by atoms with Crippen molar-refractivity contribution < 1.29 is 9.53 Å². The lowest BCUT2D eigenvalue weighted by Gasteiger charge is -2.11. The number of hydrogen-bond acceptors (Lipinski definition) is 5. The maximum absolute atomic E-state index is 12.4. The Morgan fingerprint density at radius 1 is 1.00 bits per heavy atom. The van der Waals surface area contributed by atoms with Crippen LogP contribution in [0.25, 0.3) is 21.1 Å². The van der Waals surface area contributed by atoms with Crippen LogP contribution in [0.5, 0.6) is 0 Å². The highest BCUT2D eigenvalue weighted by Gasteiger charge is 2.20. The first kappa shape index (κ1) is 26.2. The molecule has 8 heteroatoms. The van der Waals surface area contributed by atoms with Gasteiger partial charge in [0.1, 0.15) is 0 Å². The van der Waals surface area contributed by atoms with Crippen molar-refractivity contribution in [2.24, 2.45) is 0 Å². The molecule has 0 atom stereocenters. The number of carbonyl (C=O) groups is 1. The van der Waals surface area contributed by atoms with E-state index in [1.54, 1.807) is 17.4 Å². The third-order valence-electron chi connectivity index (χ3n) is 6.70. The van der Waals surface area contributed by atoms with Crippen LogP contribution in [0.15, 0.2) is 60.7 Å². The van der Waals surface area contributed by atoms with Gasteiger partial charge in [0.15, 0.2) is 0 Å². The highest BCUT2D eigenvalue weighted by Crippen LogP contribution is 2.32. The van der Waals surface area contributed by atoms with Gasteiger partial charge in [0.2, 0.25) is 0 Å². The van der Waals surface area contributed by atoms with Crippen molar-refractivity contribution in [1.29, 1.82) is 5.26 Å². The molecule has 3 aromatic carbocycles. The number of thiazole rings is 1. The molecule has 0 aliphatic carbocycles. The van der Waals surface area contributed by atoms with E-state index in [1.165, 1.54) is 23.9 Å². The first-order valence-electron chi connectivity index (χ1n) is 12.4. The normalized spacial score (nSPS) is 11.2. The molecule has 5 rings (SSSR count). The lowest BCUT2D eigenvalue weighted by atomic mass is 9.99. The molecule has 38 heavy (non-hydrogen) atoms. The second kappa shape index (κ2) is 11.6. The van der Waals surface area contributed by atoms with E-state index < -0.39 is 0 Å². The zero-order chi connectivity index (χ0) is 26.6. The van der Waals surface area contributed by atoms with Crippen LogP contribution < -0.4 is 0 Å². The number of methoxy groups -OCH3 is 1. The average Bonchev–Trinajstić information content (AvgIpc) is 3.46. The van der Waals surface area contributed by atoms with Crippen molar-refractivity contribution in [3.8, 4) is 6.07 Å². The third kappa shape index (κ3) is 5.56. The van der Waals surface area contributed by atoms with Crippen molar-refractivity contribution in [3.63, 3.8) is 0 Å². The number of fused-ring (bicyclic) bond motifs is 2. The van der Waals surface area contributed by atoms with E-state index in [0.29, 0.717) is 28.6 Å². The van der Waals surface area contributed by atoms with Crippen molar-refractivity contribution in [2.75, 3.05) is 7.11 Å². The Balaban J connectivity index is 1.56. The van der Waals surface area contributed by atoms with Gasteiger partial charge in [0.05, 0.1) is 40.4 Å². The summed E-state index contributed by atoms with van der Waals surface area (Å²) in [7, 11) is 1.39. The molecule has 192 valence electrons. The summed E-state index contributed by atoms with van der Waals surface area (Å²) >= 11 is 13.9. The summed E-state index contributed by atoms with van der Waals surface area (Å²) < 4.78 is 8.34. The van der Waals surface area contributed by atoms with Gasteiger partial charge in [-0.15, -0.1) is 11.3 Å². The van der Waals surface area contributed by atoms with Crippen LogP contribution in [-0.4, -0.2) is 22.6 Å². The van der Waals surface area contributed by atoms with Gasteiger partial charge in [-0.1, -0.05) is 35.3 Å². The average molecular weight is 563 g/mol. The van der Waals surface area contributed by atoms with Gasteiger partial charge in [-0.05, 0) is 78.9 Å². The van der Waals surface area contributed by atoms with Crippen molar-refractivity contribution in [3.05, 3.63) is 98.1 Å². The number of benzene rings is 3. The van der Waals surface area contributed by atoms with Crippen LogP contribution in [0.3, 0.4) is 0 Å². The van der Waals surface area contributed by atoms with E-state index >= 15 is 0 Å². The minimum absolute atomic E-state index is 0.366. The Morgan fingerprint density at radius 3 is 2.55 bits per heavy atom. The van der Waals surface area contributed by atoms with Gasteiger partial charge in [-0.2, -0.15) is 5.26 Å². The summed E-state index contributed by atoms with van der Waals surface area (Å²) in [6, 6.07) is 21.7. The van der Waals surface area contributed by atoms with Gasteiger partial charge >= 0.3 is 5.97 Å². The standard InChI is InChI=1S/C30H25Cl2N3O2S/c1-37-30(36)20-6-11-27-24(17-20)23(10-5-19-3-7-21(31)8-4-19)26(35(27)16-2-15-33)12-14-29-34-25-18-22(32)9-13-28(25)38-29/h3-4,6-9,11,13,17-18H,2,5,10,12,14,16H2,1H3. The Hall–Kier alpha value is -3.37. The van der Waals surface area contributed by atoms with Crippen LogP contribution in [0.4, 0.5) is 0 Å². The Kier molecular flexibility index (Phi) is 7.99. The minimum atomic E-state index is -0.366. The summed E-state index contributed by atoms with van der Waals surface area (Å²) in [5.74, 6) is -0.366. The molecule has 0 bridgehead atoms. The SMILES string of the molecule is COC(=O)c1ccc2c(c1)c(CCc1ccc(Cl)cc1)c(CCc1nc3cc(Cl)ccc3s1)n2CCC#N. The number of rotatable bonds is 9. The fraction of sp³-hybridized carbons (Fsp3) is 0.233. The molecule has 0 fully saturated rings. The van der Waals surface area contributed by atoms with Gasteiger partial charge in [0.25, 0.3) is 0 Å². The Labute approximate surface area is 235 Å². The summed E-state index contributed by atoms with van der Waals surface area (Å²) in [5, 5.41) is 12.8. The summed E-state index contributed by atoms with van der Waals surface area (Å²) in [6.45, 7) is 0.580. The molecular formula is C30H25Cl2N3O2S. The quantitative estimate of drug-likeness (QED) is 0.172. The van der Waals surface area contributed by atoms with E-state index in [9.17, 15) is 10.1 Å². The second-order valence-electron chi connectivity index (χ2n) is 9.05. The maximum Gasteiger partial charge on any atom is 0.337 e. The lowest BCUT2D eigenvalue weighted by molar-refractivity contribution is 0.0601. The number of halogens is 2. The first-order chi connectivity index (χ1) is 18.5. The molecule has 0 N–H and O–H groups in total. The van der Waals surface area contributed by atoms with Crippen LogP contribution >= 0.6 is 34.5 Å². The second-order valence-corrected chi connectivity index (χ2v) is 11.0. The van der Waals surface area contributed by atoms with Crippen LogP contribution in [0, 0.1) is 11.3 Å². The van der Waals surface area contributed by atoms with Crippen LogP contribution in [0.2, 0.25) is 10.0 Å². The molecule has 0 saturated heterocycles. The monoisotopic (exact) mass is 561 g/mol. The number of aromatic nitrogens is 2. The van der Waals surface area contributed by atoms with E-state index in [4.69, 9.17) is 32.9 Å². The lowest BCUT2D eigenvalue weighted by Crippen LogP contribution is -2.07. The number of carbonyl (C=O) groups excluding carboxylic acids is 1. The number of aryl methyl sites for hydroxylation is 4. The molecule has 2 aromatic heterocycles. The number of ether oxygens (including phenoxy) is 1. The number of esters is 1. The Morgan fingerprint density at radius 2 is 1.79 bits per heavy atom. The van der Waals surface area contributed by atoms with Crippen molar-refractivity contribution >= 4 is 61.6 Å². The van der Waals surface area contributed by atoms with Gasteiger partial charge in [0, 0.05) is 39.6 Å². The fourth-order valence-electron chi connectivity index (χ4n) is 4.90. The molecule has 0 unspecified atom stereocenters. The van der Waals surface area contributed by atoms with Gasteiger partial charge in [-0.3, -0.25) is 0 Å². The van der Waals surface area contributed by atoms with E-state index in [-0.39, 0.29) is 5.97 Å². The maximum atomic E-state index is 12.4. The largest absolute Gasteiger partial charge is 0.465 e. The smallest absolute Gasteiger partial charge is 0.337 e. The molecule has 0 aliphatic rings. The highest BCUT2D eigenvalue weighted by molar-refractivity contribution is 7.18. The van der Waals surface area contributed by atoms with Crippen molar-refractivity contribution in [1.82, 2.24) is 9.55 Å². The predicted octanol–water partition coefficient (Wildman–Crippen LogP) is 7.83. The molecular weight excluding hydrogens is 537 g/mol. The number of hydrogen-bond donors (Lipinski definition) is 0. The van der Waals surface area contributed by atoms with Crippen molar-refractivity contribution in [2.45, 2.75) is 38.6 Å². The molecule has 0 saturated carbocycles. The van der Waals surface area contributed by atoms with E-state index in [0.717, 1.165) is 51.8 Å².